The van der Waals surface area contributed by atoms with E-state index in [1.165, 1.54) is 12.1 Å². The molecule has 284 valence electrons. The zero-order chi connectivity index (χ0) is 40.2. The molecule has 0 radical (unpaired) electrons. The lowest BCUT2D eigenvalue weighted by Gasteiger charge is -2.16. The highest BCUT2D eigenvalue weighted by Crippen LogP contribution is 2.42. The Labute approximate surface area is 326 Å². The second-order valence-corrected chi connectivity index (χ2v) is 13.6. The lowest BCUT2D eigenvalue weighted by atomic mass is 9.97. The molecule has 0 amide bonds. The van der Waals surface area contributed by atoms with Crippen LogP contribution in [-0.2, 0) is 12.4 Å². The molecule has 0 unspecified atom stereocenters. The lowest BCUT2D eigenvalue weighted by Crippen LogP contribution is -2.11. The van der Waals surface area contributed by atoms with E-state index in [1.807, 2.05) is 95.6 Å². The molecular weight excluding hydrogens is 754 g/mol. The Balaban J connectivity index is 1.31. The van der Waals surface area contributed by atoms with E-state index in [4.69, 9.17) is 15.0 Å². The Kier molecular flexibility index (Phi) is 8.88. The highest BCUT2D eigenvalue weighted by molar-refractivity contribution is 6.10. The van der Waals surface area contributed by atoms with Crippen LogP contribution in [0.5, 0.6) is 0 Å². The van der Waals surface area contributed by atoms with Crippen LogP contribution in [0.1, 0.15) is 11.1 Å². The third-order valence-corrected chi connectivity index (χ3v) is 9.96. The number of alkyl halides is 6. The molecule has 9 rings (SSSR count). The van der Waals surface area contributed by atoms with Crippen LogP contribution >= 0.6 is 0 Å². The molecule has 2 heterocycles. The molecule has 11 heteroatoms. The average molecular weight is 781 g/mol. The number of para-hydroxylation sites is 1. The molecule has 7 aromatic carbocycles. The summed E-state index contributed by atoms with van der Waals surface area (Å²) >= 11 is 0. The van der Waals surface area contributed by atoms with Gasteiger partial charge in [0.25, 0.3) is 0 Å². The van der Waals surface area contributed by atoms with E-state index in [0.717, 1.165) is 28.6 Å². The summed E-state index contributed by atoms with van der Waals surface area (Å²) in [4.78, 5) is 14.7. The monoisotopic (exact) mass is 780 g/mol. The van der Waals surface area contributed by atoms with Crippen molar-refractivity contribution in [3.63, 3.8) is 0 Å². The zero-order valence-electron chi connectivity index (χ0n) is 30.0. The van der Waals surface area contributed by atoms with Gasteiger partial charge in [-0.15, -0.1) is 0 Å². The SMILES string of the molecule is Fc1ccccc1-c1ccc(-n2c3ccccc3c3ccc(-c4cc(C(F)(F)F)cc(C(F)(F)F)c4)cc32)cc1-c1nc(-c2ccccc2)nc(-c2ccccc2)n1. The predicted octanol–water partition coefficient (Wildman–Crippen LogP) is 13.5. The van der Waals surface area contributed by atoms with Gasteiger partial charge in [0.2, 0.25) is 0 Å². The molecule has 0 bridgehead atoms. The summed E-state index contributed by atoms with van der Waals surface area (Å²) in [5, 5.41) is 1.50. The molecule has 0 aliphatic heterocycles. The number of aromatic nitrogens is 4. The van der Waals surface area contributed by atoms with Crippen molar-refractivity contribution < 1.29 is 30.7 Å². The number of nitrogens with zero attached hydrogens (tertiary/aromatic N) is 4. The maximum Gasteiger partial charge on any atom is 0.416 e. The van der Waals surface area contributed by atoms with E-state index >= 15 is 4.39 Å². The molecule has 58 heavy (non-hydrogen) atoms. The van der Waals surface area contributed by atoms with Gasteiger partial charge in [-0.25, -0.2) is 19.3 Å². The first-order valence-electron chi connectivity index (χ1n) is 18.0. The van der Waals surface area contributed by atoms with E-state index in [0.29, 0.717) is 50.4 Å². The Morgan fingerprint density at radius 1 is 0.379 bits per heavy atom. The highest BCUT2D eigenvalue weighted by Gasteiger charge is 2.37. The van der Waals surface area contributed by atoms with Crippen LogP contribution in [0.3, 0.4) is 0 Å². The summed E-state index contributed by atoms with van der Waals surface area (Å²) < 4.78 is 101. The standard InChI is InChI=1S/C47H27F7N4/c48-40-17-9-7-15-36(40)35-22-20-34(27-39(35)45-56-43(28-11-3-1-4-12-28)55-44(57-45)29-13-5-2-6-14-29)58-41-18-10-8-16-37(41)38-21-19-30(25-42(38)58)31-23-32(46(49,50)51)26-33(24-31)47(52,53)54/h1-27H. The molecular formula is C47H27F7N4. The Morgan fingerprint density at radius 2 is 0.931 bits per heavy atom. The van der Waals surface area contributed by atoms with Crippen molar-refractivity contribution in [2.45, 2.75) is 12.4 Å². The number of hydrogen-bond donors (Lipinski definition) is 0. The van der Waals surface area contributed by atoms with Crippen LogP contribution in [0.15, 0.2) is 164 Å². The summed E-state index contributed by atoms with van der Waals surface area (Å²) in [6.45, 7) is 0. The molecule has 0 aliphatic rings. The summed E-state index contributed by atoms with van der Waals surface area (Å²) in [5.41, 5.74) is 1.55. The largest absolute Gasteiger partial charge is 0.416 e. The summed E-state index contributed by atoms with van der Waals surface area (Å²) in [6, 6.07) is 44.2. The van der Waals surface area contributed by atoms with Crippen LogP contribution in [0.2, 0.25) is 0 Å². The maximum absolute atomic E-state index is 15.7. The minimum Gasteiger partial charge on any atom is -0.309 e. The van der Waals surface area contributed by atoms with Crippen LogP contribution in [0.4, 0.5) is 30.7 Å². The first-order chi connectivity index (χ1) is 27.9. The van der Waals surface area contributed by atoms with Gasteiger partial charge in [0, 0.05) is 38.7 Å². The highest BCUT2D eigenvalue weighted by atomic mass is 19.4. The van der Waals surface area contributed by atoms with Crippen molar-refractivity contribution in [1.29, 1.82) is 0 Å². The van der Waals surface area contributed by atoms with E-state index < -0.39 is 29.3 Å². The number of halogens is 7. The van der Waals surface area contributed by atoms with Crippen LogP contribution < -0.4 is 0 Å². The Bertz CT molecular complexity index is 2900. The fourth-order valence-corrected chi connectivity index (χ4v) is 7.25. The summed E-state index contributed by atoms with van der Waals surface area (Å²) in [7, 11) is 0. The fourth-order valence-electron chi connectivity index (χ4n) is 7.25. The van der Waals surface area contributed by atoms with Crippen LogP contribution in [0.25, 0.3) is 83.9 Å². The van der Waals surface area contributed by atoms with Gasteiger partial charge in [-0.1, -0.05) is 115 Å². The van der Waals surface area contributed by atoms with Crippen molar-refractivity contribution in [2.75, 3.05) is 0 Å². The lowest BCUT2D eigenvalue weighted by molar-refractivity contribution is -0.143. The van der Waals surface area contributed by atoms with Gasteiger partial charge >= 0.3 is 12.4 Å². The van der Waals surface area contributed by atoms with Gasteiger partial charge in [0.1, 0.15) is 5.82 Å². The molecule has 0 saturated carbocycles. The van der Waals surface area contributed by atoms with Crippen molar-refractivity contribution >= 4 is 21.8 Å². The maximum atomic E-state index is 15.7. The first kappa shape index (κ1) is 36.5. The van der Waals surface area contributed by atoms with Gasteiger partial charge < -0.3 is 4.57 Å². The Morgan fingerprint density at radius 3 is 1.55 bits per heavy atom. The van der Waals surface area contributed by atoms with E-state index in [-0.39, 0.29) is 23.0 Å². The van der Waals surface area contributed by atoms with E-state index in [2.05, 4.69) is 0 Å². The molecule has 0 spiro atoms. The molecule has 0 atom stereocenters. The average Bonchev–Trinajstić information content (AvgIpc) is 3.57. The van der Waals surface area contributed by atoms with Crippen molar-refractivity contribution in [1.82, 2.24) is 19.5 Å². The second-order valence-electron chi connectivity index (χ2n) is 13.6. The van der Waals surface area contributed by atoms with Gasteiger partial charge in [-0.3, -0.25) is 0 Å². The van der Waals surface area contributed by atoms with Crippen LogP contribution in [0, 0.1) is 5.82 Å². The quantitative estimate of drug-likeness (QED) is 0.158. The normalized spacial score (nSPS) is 12.1. The minimum absolute atomic E-state index is 0.116. The van der Waals surface area contributed by atoms with Gasteiger partial charge in [0.15, 0.2) is 17.5 Å². The third kappa shape index (κ3) is 6.74. The fraction of sp³-hybridized carbons (Fsp3) is 0.0426. The topological polar surface area (TPSA) is 43.6 Å². The van der Waals surface area contributed by atoms with Gasteiger partial charge in [-0.2, -0.15) is 26.3 Å². The van der Waals surface area contributed by atoms with Gasteiger partial charge in [0.05, 0.1) is 22.2 Å². The number of hydrogen-bond acceptors (Lipinski definition) is 3. The molecule has 0 aliphatic carbocycles. The van der Waals surface area contributed by atoms with Crippen molar-refractivity contribution in [3.05, 3.63) is 181 Å². The molecule has 0 saturated heterocycles. The summed E-state index contributed by atoms with van der Waals surface area (Å²) in [6.07, 6.45) is -10.0. The number of fused-ring (bicyclic) bond motifs is 3. The molecule has 4 nitrogen and oxygen atoms in total. The van der Waals surface area contributed by atoms with E-state index in [1.54, 1.807) is 42.5 Å². The molecule has 0 fully saturated rings. The third-order valence-electron chi connectivity index (χ3n) is 9.96. The Hall–Kier alpha value is -7.14. The first-order valence-corrected chi connectivity index (χ1v) is 18.0. The van der Waals surface area contributed by atoms with Crippen molar-refractivity contribution in [2.24, 2.45) is 0 Å². The van der Waals surface area contributed by atoms with E-state index in [9.17, 15) is 26.3 Å². The molecule has 9 aromatic rings. The molecule has 0 N–H and O–H groups in total. The number of benzene rings is 7. The summed E-state index contributed by atoms with van der Waals surface area (Å²) in [5.74, 6) is 0.543. The zero-order valence-corrected chi connectivity index (χ0v) is 30.0. The number of rotatable bonds is 6. The van der Waals surface area contributed by atoms with Gasteiger partial charge in [-0.05, 0) is 65.2 Å². The predicted molar refractivity (Wildman–Crippen MR) is 211 cm³/mol. The minimum atomic E-state index is -5.01. The second kappa shape index (κ2) is 14.1. The smallest absolute Gasteiger partial charge is 0.309 e. The molecule has 2 aromatic heterocycles. The van der Waals surface area contributed by atoms with Crippen LogP contribution in [-0.4, -0.2) is 19.5 Å². The van der Waals surface area contributed by atoms with Crippen molar-refractivity contribution in [3.8, 4) is 62.1 Å².